The lowest BCUT2D eigenvalue weighted by Gasteiger charge is -2.29. The lowest BCUT2D eigenvalue weighted by Crippen LogP contribution is -2.52. The molecule has 2 N–H and O–H groups in total. The molecule has 0 heterocycles. The van der Waals surface area contributed by atoms with Gasteiger partial charge < -0.3 is 10.6 Å². The van der Waals surface area contributed by atoms with Gasteiger partial charge in [0.15, 0.2) is 0 Å². The standard InChI is InChI=1S/C15H28N4O2/c1-7-19(8-13(20)17-12(4)5)9-14(21)18-15(6,10-16)11(2)3/h11-12H,7-9H2,1-6H3,(H,17,20)(H,18,21). The third-order valence-electron chi connectivity index (χ3n) is 3.42. The molecule has 1 unspecified atom stereocenters. The van der Waals surface area contributed by atoms with E-state index in [-0.39, 0.29) is 36.9 Å². The van der Waals surface area contributed by atoms with Crippen molar-refractivity contribution in [3.63, 3.8) is 0 Å². The Morgan fingerprint density at radius 1 is 1.19 bits per heavy atom. The molecule has 0 saturated heterocycles. The second-order valence-corrected chi connectivity index (χ2v) is 6.04. The lowest BCUT2D eigenvalue weighted by molar-refractivity contribution is -0.126. The molecule has 2 amide bonds. The van der Waals surface area contributed by atoms with Gasteiger partial charge in [-0.25, -0.2) is 0 Å². The number of rotatable bonds is 8. The van der Waals surface area contributed by atoms with E-state index in [0.29, 0.717) is 6.54 Å². The average molecular weight is 296 g/mol. The van der Waals surface area contributed by atoms with Gasteiger partial charge in [0.05, 0.1) is 19.2 Å². The summed E-state index contributed by atoms with van der Waals surface area (Å²) in [6.45, 7) is 12.0. The van der Waals surface area contributed by atoms with Gasteiger partial charge in [-0.3, -0.25) is 14.5 Å². The molecule has 0 fully saturated rings. The first kappa shape index (κ1) is 19.4. The molecule has 0 aromatic carbocycles. The van der Waals surface area contributed by atoms with Gasteiger partial charge in [-0.2, -0.15) is 5.26 Å². The van der Waals surface area contributed by atoms with Crippen LogP contribution in [0, 0.1) is 17.2 Å². The minimum absolute atomic E-state index is 0.00534. The summed E-state index contributed by atoms with van der Waals surface area (Å²) < 4.78 is 0. The predicted molar refractivity (Wildman–Crippen MR) is 82.4 cm³/mol. The maximum Gasteiger partial charge on any atom is 0.235 e. The fraction of sp³-hybridized carbons (Fsp3) is 0.800. The highest BCUT2D eigenvalue weighted by atomic mass is 16.2. The van der Waals surface area contributed by atoms with Crippen molar-refractivity contribution in [2.45, 2.75) is 53.1 Å². The first-order valence-corrected chi connectivity index (χ1v) is 7.38. The van der Waals surface area contributed by atoms with Crippen LogP contribution in [0.2, 0.25) is 0 Å². The first-order valence-electron chi connectivity index (χ1n) is 7.38. The number of hydrogen-bond acceptors (Lipinski definition) is 4. The van der Waals surface area contributed by atoms with E-state index in [1.54, 1.807) is 11.8 Å². The number of hydrogen-bond donors (Lipinski definition) is 2. The number of likely N-dealkylation sites (N-methyl/N-ethyl adjacent to an activating group) is 1. The van der Waals surface area contributed by atoms with E-state index in [2.05, 4.69) is 16.7 Å². The molecule has 120 valence electrons. The number of nitrogens with zero attached hydrogens (tertiary/aromatic N) is 2. The van der Waals surface area contributed by atoms with Gasteiger partial charge in [-0.1, -0.05) is 20.8 Å². The summed E-state index contributed by atoms with van der Waals surface area (Å²) in [5.74, 6) is -0.343. The van der Waals surface area contributed by atoms with Crippen molar-refractivity contribution in [2.24, 2.45) is 5.92 Å². The Labute approximate surface area is 127 Å². The largest absolute Gasteiger partial charge is 0.353 e. The summed E-state index contributed by atoms with van der Waals surface area (Å²) in [4.78, 5) is 25.5. The van der Waals surface area contributed by atoms with Crippen molar-refractivity contribution in [3.05, 3.63) is 0 Å². The summed E-state index contributed by atoms with van der Waals surface area (Å²) >= 11 is 0. The molecule has 0 radical (unpaired) electrons. The summed E-state index contributed by atoms with van der Waals surface area (Å²) in [5, 5.41) is 14.7. The van der Waals surface area contributed by atoms with Gasteiger partial charge in [0.25, 0.3) is 0 Å². The zero-order chi connectivity index (χ0) is 16.6. The maximum atomic E-state index is 12.1. The molecule has 0 saturated carbocycles. The van der Waals surface area contributed by atoms with Gasteiger partial charge in [0.2, 0.25) is 11.8 Å². The van der Waals surface area contributed by atoms with Gasteiger partial charge >= 0.3 is 0 Å². The fourth-order valence-corrected chi connectivity index (χ4v) is 1.68. The van der Waals surface area contributed by atoms with Crippen molar-refractivity contribution < 1.29 is 9.59 Å². The summed E-state index contributed by atoms with van der Waals surface area (Å²) in [6, 6.07) is 2.21. The van der Waals surface area contributed by atoms with Crippen LogP contribution in [0.4, 0.5) is 0 Å². The van der Waals surface area contributed by atoms with Gasteiger partial charge in [-0.15, -0.1) is 0 Å². The number of nitrogens with one attached hydrogen (secondary N) is 2. The number of carbonyl (C=O) groups is 2. The Morgan fingerprint density at radius 2 is 1.71 bits per heavy atom. The fourth-order valence-electron chi connectivity index (χ4n) is 1.68. The third kappa shape index (κ3) is 7.09. The molecule has 0 aromatic heterocycles. The molecule has 0 rings (SSSR count). The Balaban J connectivity index is 4.53. The number of carbonyl (C=O) groups excluding carboxylic acids is 2. The Morgan fingerprint density at radius 3 is 2.10 bits per heavy atom. The lowest BCUT2D eigenvalue weighted by atomic mass is 9.90. The van der Waals surface area contributed by atoms with Crippen LogP contribution in [-0.2, 0) is 9.59 Å². The first-order chi connectivity index (χ1) is 9.64. The van der Waals surface area contributed by atoms with Gasteiger partial charge in [-0.05, 0) is 33.2 Å². The molecule has 0 aliphatic carbocycles. The molecule has 0 aromatic rings. The molecule has 0 aliphatic rings. The molecule has 1 atom stereocenters. The number of amides is 2. The highest BCUT2D eigenvalue weighted by Crippen LogP contribution is 2.14. The van der Waals surface area contributed by atoms with Crippen LogP contribution in [0.25, 0.3) is 0 Å². The van der Waals surface area contributed by atoms with Crippen molar-refractivity contribution in [3.8, 4) is 6.07 Å². The molecule has 21 heavy (non-hydrogen) atoms. The van der Waals surface area contributed by atoms with Crippen molar-refractivity contribution in [1.82, 2.24) is 15.5 Å². The quantitative estimate of drug-likeness (QED) is 0.696. The van der Waals surface area contributed by atoms with E-state index in [0.717, 1.165) is 0 Å². The maximum absolute atomic E-state index is 12.1. The van der Waals surface area contributed by atoms with E-state index >= 15 is 0 Å². The Kier molecular flexibility index (Phi) is 7.97. The summed E-state index contributed by atoms with van der Waals surface area (Å²) in [7, 11) is 0. The van der Waals surface area contributed by atoms with E-state index in [4.69, 9.17) is 0 Å². The van der Waals surface area contributed by atoms with Crippen LogP contribution in [0.1, 0.15) is 41.5 Å². The molecule has 0 spiro atoms. The Hall–Kier alpha value is -1.61. The van der Waals surface area contributed by atoms with Crippen LogP contribution in [0.5, 0.6) is 0 Å². The summed E-state index contributed by atoms with van der Waals surface area (Å²) in [5.41, 5.74) is -0.892. The van der Waals surface area contributed by atoms with Crippen LogP contribution < -0.4 is 10.6 Å². The molecule has 0 aliphatic heterocycles. The molecular weight excluding hydrogens is 268 g/mol. The van der Waals surface area contributed by atoms with Crippen molar-refractivity contribution in [1.29, 1.82) is 5.26 Å². The van der Waals surface area contributed by atoms with Gasteiger partial charge in [0.1, 0.15) is 5.54 Å². The second-order valence-electron chi connectivity index (χ2n) is 6.04. The van der Waals surface area contributed by atoms with Crippen molar-refractivity contribution in [2.75, 3.05) is 19.6 Å². The van der Waals surface area contributed by atoms with E-state index in [9.17, 15) is 14.9 Å². The van der Waals surface area contributed by atoms with Crippen LogP contribution in [-0.4, -0.2) is 47.9 Å². The van der Waals surface area contributed by atoms with E-state index in [1.165, 1.54) is 0 Å². The average Bonchev–Trinajstić information content (AvgIpc) is 2.36. The molecule has 6 nitrogen and oxygen atoms in total. The molecule has 6 heteroatoms. The molecular formula is C15H28N4O2. The third-order valence-corrected chi connectivity index (χ3v) is 3.42. The number of nitriles is 1. The van der Waals surface area contributed by atoms with E-state index in [1.807, 2.05) is 34.6 Å². The SMILES string of the molecule is CCN(CC(=O)NC(C)C)CC(=O)NC(C)(C#N)C(C)C. The predicted octanol–water partition coefficient (Wildman–Crippen LogP) is 0.887. The zero-order valence-electron chi connectivity index (χ0n) is 14.0. The topological polar surface area (TPSA) is 85.2 Å². The minimum atomic E-state index is -0.892. The summed E-state index contributed by atoms with van der Waals surface area (Å²) in [6.07, 6.45) is 0. The monoisotopic (exact) mass is 296 g/mol. The van der Waals surface area contributed by atoms with Crippen LogP contribution in [0.15, 0.2) is 0 Å². The van der Waals surface area contributed by atoms with Crippen LogP contribution >= 0.6 is 0 Å². The molecule has 0 bridgehead atoms. The zero-order valence-corrected chi connectivity index (χ0v) is 14.0. The van der Waals surface area contributed by atoms with E-state index < -0.39 is 5.54 Å². The smallest absolute Gasteiger partial charge is 0.235 e. The van der Waals surface area contributed by atoms with Crippen molar-refractivity contribution >= 4 is 11.8 Å². The highest BCUT2D eigenvalue weighted by Gasteiger charge is 2.30. The highest BCUT2D eigenvalue weighted by molar-refractivity contribution is 5.81. The minimum Gasteiger partial charge on any atom is -0.353 e. The van der Waals surface area contributed by atoms with Crippen LogP contribution in [0.3, 0.4) is 0 Å². The Bertz CT molecular complexity index is 401. The normalized spacial score (nSPS) is 13.9. The van der Waals surface area contributed by atoms with Gasteiger partial charge in [0, 0.05) is 6.04 Å². The second kappa shape index (κ2) is 8.63.